The lowest BCUT2D eigenvalue weighted by Gasteiger charge is -2.17. The van der Waals surface area contributed by atoms with E-state index < -0.39 is 0 Å². The lowest BCUT2D eigenvalue weighted by Crippen LogP contribution is -2.12. The van der Waals surface area contributed by atoms with Crippen LogP contribution in [0.15, 0.2) is 48.5 Å². The number of aromatic nitrogens is 2. The van der Waals surface area contributed by atoms with E-state index in [1.807, 2.05) is 31.2 Å². The van der Waals surface area contributed by atoms with Gasteiger partial charge in [-0.05, 0) is 30.7 Å². The molecule has 0 saturated carbocycles. The molecule has 106 valence electrons. The Morgan fingerprint density at radius 3 is 2.19 bits per heavy atom. The van der Waals surface area contributed by atoms with Gasteiger partial charge in [-0.1, -0.05) is 30.3 Å². The van der Waals surface area contributed by atoms with Crippen molar-refractivity contribution in [1.82, 2.24) is 9.97 Å². The SMILES string of the molecule is Cc1nc2ccccc2nc1Cc1ccccc1N(C)C. The van der Waals surface area contributed by atoms with Crippen LogP contribution in [-0.2, 0) is 6.42 Å². The van der Waals surface area contributed by atoms with Crippen LogP contribution < -0.4 is 4.90 Å². The van der Waals surface area contributed by atoms with Crippen LogP contribution in [0.25, 0.3) is 11.0 Å². The first-order chi connectivity index (χ1) is 10.1. The average Bonchev–Trinajstić information content (AvgIpc) is 2.48. The summed E-state index contributed by atoms with van der Waals surface area (Å²) in [7, 11) is 4.13. The van der Waals surface area contributed by atoms with Gasteiger partial charge in [0.15, 0.2) is 0 Å². The second kappa shape index (κ2) is 5.52. The summed E-state index contributed by atoms with van der Waals surface area (Å²) in [6, 6.07) is 16.5. The largest absolute Gasteiger partial charge is 0.377 e. The lowest BCUT2D eigenvalue weighted by atomic mass is 10.1. The van der Waals surface area contributed by atoms with Gasteiger partial charge in [-0.3, -0.25) is 0 Å². The summed E-state index contributed by atoms with van der Waals surface area (Å²) in [5, 5.41) is 0. The van der Waals surface area contributed by atoms with Gasteiger partial charge < -0.3 is 4.90 Å². The van der Waals surface area contributed by atoms with E-state index >= 15 is 0 Å². The van der Waals surface area contributed by atoms with Gasteiger partial charge in [-0.15, -0.1) is 0 Å². The number of rotatable bonds is 3. The second-order valence-corrected chi connectivity index (χ2v) is 5.44. The molecule has 3 heteroatoms. The van der Waals surface area contributed by atoms with Crippen molar-refractivity contribution in [2.75, 3.05) is 19.0 Å². The van der Waals surface area contributed by atoms with Crippen molar-refractivity contribution in [2.45, 2.75) is 13.3 Å². The molecule has 2 aromatic carbocycles. The molecule has 0 radical (unpaired) electrons. The minimum absolute atomic E-state index is 0.804. The number of hydrogen-bond acceptors (Lipinski definition) is 3. The maximum absolute atomic E-state index is 4.79. The van der Waals surface area contributed by atoms with Gasteiger partial charge in [-0.25, -0.2) is 9.97 Å². The van der Waals surface area contributed by atoms with Crippen molar-refractivity contribution in [3.05, 3.63) is 65.5 Å². The zero-order valence-corrected chi connectivity index (χ0v) is 12.7. The third kappa shape index (κ3) is 2.72. The Labute approximate surface area is 125 Å². The molecule has 0 fully saturated rings. The number of aryl methyl sites for hydroxylation is 1. The van der Waals surface area contributed by atoms with Gasteiger partial charge in [0.2, 0.25) is 0 Å². The van der Waals surface area contributed by atoms with E-state index in [0.29, 0.717) is 0 Å². The lowest BCUT2D eigenvalue weighted by molar-refractivity contribution is 1.00. The van der Waals surface area contributed by atoms with Crippen LogP contribution in [0.5, 0.6) is 0 Å². The van der Waals surface area contributed by atoms with Crippen LogP contribution in [0.3, 0.4) is 0 Å². The van der Waals surface area contributed by atoms with E-state index in [0.717, 1.165) is 28.8 Å². The molecule has 3 aromatic rings. The highest BCUT2D eigenvalue weighted by Crippen LogP contribution is 2.22. The van der Waals surface area contributed by atoms with E-state index in [9.17, 15) is 0 Å². The van der Waals surface area contributed by atoms with Crippen LogP contribution in [-0.4, -0.2) is 24.1 Å². The standard InChI is InChI=1S/C18H19N3/c1-13-17(20-16-10-6-5-9-15(16)19-13)12-14-8-4-7-11-18(14)21(2)3/h4-11H,12H2,1-3H3. The highest BCUT2D eigenvalue weighted by atomic mass is 15.1. The van der Waals surface area contributed by atoms with Crippen molar-refractivity contribution in [3.8, 4) is 0 Å². The van der Waals surface area contributed by atoms with Gasteiger partial charge in [0.1, 0.15) is 0 Å². The maximum Gasteiger partial charge on any atom is 0.0890 e. The molecule has 0 atom stereocenters. The third-order valence-electron chi connectivity index (χ3n) is 3.67. The highest BCUT2D eigenvalue weighted by Gasteiger charge is 2.09. The van der Waals surface area contributed by atoms with Crippen LogP contribution in [0.2, 0.25) is 0 Å². The smallest absolute Gasteiger partial charge is 0.0890 e. The summed E-state index contributed by atoms with van der Waals surface area (Å²) in [6.45, 7) is 2.03. The zero-order chi connectivity index (χ0) is 14.8. The molecular formula is C18H19N3. The fourth-order valence-corrected chi connectivity index (χ4v) is 2.57. The number of para-hydroxylation sites is 3. The number of nitrogens with zero attached hydrogens (tertiary/aromatic N) is 3. The monoisotopic (exact) mass is 277 g/mol. The third-order valence-corrected chi connectivity index (χ3v) is 3.67. The molecule has 0 bridgehead atoms. The Bertz CT molecular complexity index is 778. The summed E-state index contributed by atoms with van der Waals surface area (Å²) >= 11 is 0. The Kier molecular flexibility index (Phi) is 3.57. The van der Waals surface area contributed by atoms with Crippen molar-refractivity contribution in [2.24, 2.45) is 0 Å². The van der Waals surface area contributed by atoms with Crippen molar-refractivity contribution in [1.29, 1.82) is 0 Å². The Morgan fingerprint density at radius 1 is 0.857 bits per heavy atom. The Morgan fingerprint density at radius 2 is 1.48 bits per heavy atom. The normalized spacial score (nSPS) is 10.8. The molecule has 0 N–H and O–H groups in total. The zero-order valence-electron chi connectivity index (χ0n) is 12.7. The molecule has 0 aliphatic rings. The van der Waals surface area contributed by atoms with Gasteiger partial charge >= 0.3 is 0 Å². The van der Waals surface area contributed by atoms with Gasteiger partial charge in [0, 0.05) is 26.2 Å². The molecule has 1 aromatic heterocycles. The fourth-order valence-electron chi connectivity index (χ4n) is 2.57. The van der Waals surface area contributed by atoms with Crippen LogP contribution in [0.4, 0.5) is 5.69 Å². The average molecular weight is 277 g/mol. The van der Waals surface area contributed by atoms with Crippen LogP contribution in [0, 0.1) is 6.92 Å². The van der Waals surface area contributed by atoms with E-state index in [4.69, 9.17) is 4.98 Å². The Balaban J connectivity index is 2.04. The maximum atomic E-state index is 4.79. The van der Waals surface area contributed by atoms with Gasteiger partial charge in [0.25, 0.3) is 0 Å². The number of anilines is 1. The molecule has 0 spiro atoms. The van der Waals surface area contributed by atoms with Gasteiger partial charge in [0.05, 0.1) is 22.4 Å². The van der Waals surface area contributed by atoms with Crippen molar-refractivity contribution < 1.29 is 0 Å². The highest BCUT2D eigenvalue weighted by molar-refractivity contribution is 5.74. The molecule has 21 heavy (non-hydrogen) atoms. The predicted molar refractivity (Wildman–Crippen MR) is 87.9 cm³/mol. The van der Waals surface area contributed by atoms with Crippen LogP contribution >= 0.6 is 0 Å². The van der Waals surface area contributed by atoms with E-state index in [2.05, 4.69) is 48.2 Å². The fraction of sp³-hybridized carbons (Fsp3) is 0.222. The molecule has 1 heterocycles. The van der Waals surface area contributed by atoms with E-state index in [1.165, 1.54) is 11.3 Å². The molecular weight excluding hydrogens is 258 g/mol. The molecule has 3 rings (SSSR count). The van der Waals surface area contributed by atoms with Crippen molar-refractivity contribution >= 4 is 16.7 Å². The van der Waals surface area contributed by atoms with E-state index in [-0.39, 0.29) is 0 Å². The summed E-state index contributed by atoms with van der Waals surface area (Å²) in [4.78, 5) is 11.6. The number of benzene rings is 2. The topological polar surface area (TPSA) is 29.0 Å². The van der Waals surface area contributed by atoms with Crippen LogP contribution in [0.1, 0.15) is 17.0 Å². The first-order valence-electron chi connectivity index (χ1n) is 7.12. The Hall–Kier alpha value is -2.42. The first kappa shape index (κ1) is 13.6. The molecule has 3 nitrogen and oxygen atoms in total. The van der Waals surface area contributed by atoms with E-state index in [1.54, 1.807) is 0 Å². The molecule has 0 saturated heterocycles. The number of hydrogen-bond donors (Lipinski definition) is 0. The summed E-state index contributed by atoms with van der Waals surface area (Å²) in [5.74, 6) is 0. The van der Waals surface area contributed by atoms with Gasteiger partial charge in [-0.2, -0.15) is 0 Å². The first-order valence-corrected chi connectivity index (χ1v) is 7.12. The molecule has 0 aliphatic heterocycles. The minimum Gasteiger partial charge on any atom is -0.377 e. The quantitative estimate of drug-likeness (QED) is 0.732. The summed E-state index contributed by atoms with van der Waals surface area (Å²) in [5.41, 5.74) is 6.47. The predicted octanol–water partition coefficient (Wildman–Crippen LogP) is 3.60. The number of fused-ring (bicyclic) bond motifs is 1. The summed E-state index contributed by atoms with van der Waals surface area (Å²) < 4.78 is 0. The molecule has 0 aliphatic carbocycles. The molecule has 0 unspecified atom stereocenters. The summed E-state index contributed by atoms with van der Waals surface area (Å²) in [6.07, 6.45) is 0.804. The van der Waals surface area contributed by atoms with Crippen molar-refractivity contribution in [3.63, 3.8) is 0 Å². The second-order valence-electron chi connectivity index (χ2n) is 5.44. The minimum atomic E-state index is 0.804. The molecule has 0 amide bonds.